The molecule has 0 radical (unpaired) electrons. The van der Waals surface area contributed by atoms with Crippen molar-refractivity contribution in [3.05, 3.63) is 66.4 Å². The van der Waals surface area contributed by atoms with Gasteiger partial charge in [-0.3, -0.25) is 0 Å². The van der Waals surface area contributed by atoms with Crippen LogP contribution in [-0.2, 0) is 6.18 Å². The van der Waals surface area contributed by atoms with Crippen LogP contribution in [0.4, 0.5) is 36.3 Å². The van der Waals surface area contributed by atoms with E-state index in [9.17, 15) is 13.2 Å². The zero-order valence-electron chi connectivity index (χ0n) is 12.2. The molecule has 0 bridgehead atoms. The molecule has 3 aromatic rings. The highest BCUT2D eigenvalue weighted by atomic mass is 19.4. The summed E-state index contributed by atoms with van der Waals surface area (Å²) in [6, 6.07) is 14.3. The number of benzene rings is 2. The van der Waals surface area contributed by atoms with Crippen molar-refractivity contribution in [3.63, 3.8) is 0 Å². The summed E-state index contributed by atoms with van der Waals surface area (Å²) >= 11 is 0. The van der Waals surface area contributed by atoms with Gasteiger partial charge in [-0.2, -0.15) is 23.3 Å². The molecule has 0 aliphatic carbocycles. The maximum Gasteiger partial charge on any atom is 0.418 e. The SMILES string of the molecule is FC(F)(F)c1ccccc1Nc1nncc(Nc2ccccc2)n1. The predicted molar refractivity (Wildman–Crippen MR) is 84.3 cm³/mol. The lowest BCUT2D eigenvalue weighted by Gasteiger charge is -2.13. The van der Waals surface area contributed by atoms with Crippen molar-refractivity contribution in [3.8, 4) is 0 Å². The molecule has 0 fully saturated rings. The standard InChI is InChI=1S/C16H12F3N5/c17-16(18,19)12-8-4-5-9-13(12)22-15-23-14(10-20-24-15)21-11-6-2-1-3-7-11/h1-10H,(H2,21,22,23,24). The Morgan fingerprint density at radius 2 is 1.54 bits per heavy atom. The van der Waals surface area contributed by atoms with Gasteiger partial charge in [-0.1, -0.05) is 30.3 Å². The smallest absolute Gasteiger partial charge is 0.339 e. The molecule has 0 spiro atoms. The van der Waals surface area contributed by atoms with Crippen molar-refractivity contribution in [2.24, 2.45) is 0 Å². The highest BCUT2D eigenvalue weighted by molar-refractivity contribution is 5.61. The molecule has 2 N–H and O–H groups in total. The lowest BCUT2D eigenvalue weighted by atomic mass is 10.1. The van der Waals surface area contributed by atoms with Crippen LogP contribution in [0.1, 0.15) is 5.56 Å². The molecule has 0 unspecified atom stereocenters. The van der Waals surface area contributed by atoms with Crippen LogP contribution in [0.5, 0.6) is 0 Å². The zero-order valence-corrected chi connectivity index (χ0v) is 12.2. The molecule has 8 heteroatoms. The highest BCUT2D eigenvalue weighted by Gasteiger charge is 2.33. The molecule has 0 atom stereocenters. The minimum Gasteiger partial charge on any atom is -0.339 e. The third-order valence-corrected chi connectivity index (χ3v) is 3.08. The van der Waals surface area contributed by atoms with Gasteiger partial charge in [0.15, 0.2) is 5.82 Å². The summed E-state index contributed by atoms with van der Waals surface area (Å²) in [6.07, 6.45) is -3.09. The first-order chi connectivity index (χ1) is 11.5. The van der Waals surface area contributed by atoms with Gasteiger partial charge in [0.1, 0.15) is 0 Å². The third-order valence-electron chi connectivity index (χ3n) is 3.08. The van der Waals surface area contributed by atoms with E-state index in [1.54, 1.807) is 0 Å². The van der Waals surface area contributed by atoms with Crippen LogP contribution in [0.25, 0.3) is 0 Å². The number of nitrogens with zero attached hydrogens (tertiary/aromatic N) is 3. The van der Waals surface area contributed by atoms with E-state index in [1.807, 2.05) is 30.3 Å². The third kappa shape index (κ3) is 3.78. The first-order valence-electron chi connectivity index (χ1n) is 6.97. The zero-order chi connectivity index (χ0) is 17.0. The van der Waals surface area contributed by atoms with E-state index in [0.29, 0.717) is 5.82 Å². The van der Waals surface area contributed by atoms with Gasteiger partial charge in [0.05, 0.1) is 17.4 Å². The van der Waals surface area contributed by atoms with Crippen molar-refractivity contribution < 1.29 is 13.2 Å². The normalized spacial score (nSPS) is 11.1. The summed E-state index contributed by atoms with van der Waals surface area (Å²) in [4.78, 5) is 4.12. The Morgan fingerprint density at radius 3 is 2.29 bits per heavy atom. The van der Waals surface area contributed by atoms with Crippen LogP contribution in [-0.4, -0.2) is 15.2 Å². The summed E-state index contributed by atoms with van der Waals surface area (Å²) in [6.45, 7) is 0. The topological polar surface area (TPSA) is 62.7 Å². The monoisotopic (exact) mass is 331 g/mol. The molecule has 0 aliphatic heterocycles. The Morgan fingerprint density at radius 1 is 0.833 bits per heavy atom. The molecule has 2 aromatic carbocycles. The number of para-hydroxylation sites is 2. The van der Waals surface area contributed by atoms with Crippen LogP contribution in [0.15, 0.2) is 60.8 Å². The molecule has 24 heavy (non-hydrogen) atoms. The maximum absolute atomic E-state index is 13.0. The molecule has 0 amide bonds. The first-order valence-corrected chi connectivity index (χ1v) is 6.97. The van der Waals surface area contributed by atoms with Crippen molar-refractivity contribution in [2.75, 3.05) is 10.6 Å². The summed E-state index contributed by atoms with van der Waals surface area (Å²) in [7, 11) is 0. The van der Waals surface area contributed by atoms with Gasteiger partial charge in [-0.05, 0) is 24.3 Å². The van der Waals surface area contributed by atoms with Crippen molar-refractivity contribution in [1.82, 2.24) is 15.2 Å². The van der Waals surface area contributed by atoms with Gasteiger partial charge >= 0.3 is 6.18 Å². The van der Waals surface area contributed by atoms with Crippen molar-refractivity contribution >= 4 is 23.1 Å². The van der Waals surface area contributed by atoms with E-state index < -0.39 is 11.7 Å². The number of anilines is 4. The first kappa shape index (κ1) is 15.7. The minimum absolute atomic E-state index is 0.0346. The summed E-state index contributed by atoms with van der Waals surface area (Å²) in [5.41, 5.74) is -0.154. The van der Waals surface area contributed by atoms with Gasteiger partial charge in [0.25, 0.3) is 0 Å². The number of hydrogen-bond donors (Lipinski definition) is 2. The van der Waals surface area contributed by atoms with E-state index in [1.165, 1.54) is 24.4 Å². The number of hydrogen-bond acceptors (Lipinski definition) is 5. The van der Waals surface area contributed by atoms with E-state index in [-0.39, 0.29) is 11.6 Å². The van der Waals surface area contributed by atoms with Crippen LogP contribution >= 0.6 is 0 Å². The number of halogens is 3. The Labute approximate surface area is 135 Å². The average Bonchev–Trinajstić information content (AvgIpc) is 2.56. The molecule has 0 aliphatic rings. The number of aromatic nitrogens is 3. The quantitative estimate of drug-likeness (QED) is 0.743. The van der Waals surface area contributed by atoms with Crippen molar-refractivity contribution in [1.29, 1.82) is 0 Å². The summed E-state index contributed by atoms with van der Waals surface area (Å²) in [5, 5.41) is 13.0. The Hall–Kier alpha value is -3.16. The second-order valence-electron chi connectivity index (χ2n) is 4.82. The summed E-state index contributed by atoms with van der Waals surface area (Å²) < 4.78 is 39.0. The lowest BCUT2D eigenvalue weighted by molar-refractivity contribution is -0.136. The van der Waals surface area contributed by atoms with Crippen molar-refractivity contribution in [2.45, 2.75) is 6.18 Å². The molecule has 5 nitrogen and oxygen atoms in total. The van der Waals surface area contributed by atoms with E-state index in [2.05, 4.69) is 25.8 Å². The average molecular weight is 331 g/mol. The van der Waals surface area contributed by atoms with Gasteiger partial charge in [-0.15, -0.1) is 5.10 Å². The molecule has 122 valence electrons. The Bertz CT molecular complexity index is 821. The van der Waals surface area contributed by atoms with Gasteiger partial charge in [0, 0.05) is 5.69 Å². The Balaban J connectivity index is 1.83. The van der Waals surface area contributed by atoms with Gasteiger partial charge in [-0.25, -0.2) is 0 Å². The van der Waals surface area contributed by atoms with Crippen LogP contribution in [0.3, 0.4) is 0 Å². The maximum atomic E-state index is 13.0. The molecular formula is C16H12F3N5. The van der Waals surface area contributed by atoms with Crippen LogP contribution < -0.4 is 10.6 Å². The van der Waals surface area contributed by atoms with E-state index >= 15 is 0 Å². The predicted octanol–water partition coefficient (Wildman–Crippen LogP) is 4.38. The summed E-state index contributed by atoms with van der Waals surface area (Å²) in [5.74, 6) is 0.329. The minimum atomic E-state index is -4.48. The fraction of sp³-hybridized carbons (Fsp3) is 0.0625. The highest BCUT2D eigenvalue weighted by Crippen LogP contribution is 2.35. The molecule has 0 saturated heterocycles. The van der Waals surface area contributed by atoms with E-state index in [0.717, 1.165) is 11.8 Å². The molecule has 3 rings (SSSR count). The second kappa shape index (κ2) is 6.53. The van der Waals surface area contributed by atoms with Crippen LogP contribution in [0, 0.1) is 0 Å². The second-order valence-corrected chi connectivity index (χ2v) is 4.82. The number of rotatable bonds is 4. The lowest BCUT2D eigenvalue weighted by Crippen LogP contribution is -2.10. The molecular weight excluding hydrogens is 319 g/mol. The fourth-order valence-corrected chi connectivity index (χ4v) is 2.05. The van der Waals surface area contributed by atoms with Gasteiger partial charge in [0.2, 0.25) is 5.95 Å². The van der Waals surface area contributed by atoms with Crippen LogP contribution in [0.2, 0.25) is 0 Å². The number of nitrogens with one attached hydrogen (secondary N) is 2. The molecule has 0 saturated carbocycles. The Kier molecular flexibility index (Phi) is 4.28. The molecule has 1 aromatic heterocycles. The largest absolute Gasteiger partial charge is 0.418 e. The van der Waals surface area contributed by atoms with Gasteiger partial charge < -0.3 is 10.6 Å². The number of alkyl halides is 3. The molecule has 1 heterocycles. The van der Waals surface area contributed by atoms with E-state index in [4.69, 9.17) is 0 Å². The fourth-order valence-electron chi connectivity index (χ4n) is 2.05.